The molecule has 2 aromatic rings. The maximum atomic E-state index is 11.6. The summed E-state index contributed by atoms with van der Waals surface area (Å²) in [5, 5.41) is 3.44. The van der Waals surface area contributed by atoms with Crippen molar-refractivity contribution in [3.63, 3.8) is 0 Å². The lowest BCUT2D eigenvalue weighted by molar-refractivity contribution is -0.127. The van der Waals surface area contributed by atoms with Crippen LogP contribution in [-0.4, -0.2) is 37.6 Å². The molecule has 0 spiro atoms. The Morgan fingerprint density at radius 2 is 1.83 bits per heavy atom. The molecule has 0 aliphatic carbocycles. The monoisotopic (exact) mass is 418 g/mol. The third-order valence-corrected chi connectivity index (χ3v) is 5.03. The van der Waals surface area contributed by atoms with Crippen molar-refractivity contribution in [1.29, 1.82) is 0 Å². The van der Waals surface area contributed by atoms with Gasteiger partial charge in [-0.05, 0) is 49.6 Å². The minimum atomic E-state index is 0. The van der Waals surface area contributed by atoms with Gasteiger partial charge in [-0.1, -0.05) is 35.9 Å². The Morgan fingerprint density at radius 1 is 1.07 bits per heavy atom. The standard InChI is InChI=1S/C23H30N2O3.ClH/c1-18-6-8-19(9-7-18)17-28-21-11-10-20(15-22(21)27-2)16-24-12-4-14-25-13-3-5-23(25)26;/h6-11,15,24H,3-5,12-14,16-17H2,1-2H3;1H. The summed E-state index contributed by atoms with van der Waals surface area (Å²) in [6.45, 7) is 6.01. The van der Waals surface area contributed by atoms with Gasteiger partial charge in [0, 0.05) is 26.1 Å². The number of hydrogen-bond acceptors (Lipinski definition) is 4. The van der Waals surface area contributed by atoms with Crippen molar-refractivity contribution >= 4 is 18.3 Å². The van der Waals surface area contributed by atoms with Gasteiger partial charge in [-0.15, -0.1) is 12.4 Å². The van der Waals surface area contributed by atoms with Crippen LogP contribution >= 0.6 is 12.4 Å². The third kappa shape index (κ3) is 6.94. The van der Waals surface area contributed by atoms with Crippen LogP contribution in [0.2, 0.25) is 0 Å². The number of likely N-dealkylation sites (tertiary alicyclic amines) is 1. The van der Waals surface area contributed by atoms with Crippen molar-refractivity contribution < 1.29 is 14.3 Å². The number of hydrogen-bond donors (Lipinski definition) is 1. The Bertz CT molecular complexity index is 780. The van der Waals surface area contributed by atoms with E-state index in [0.717, 1.165) is 61.6 Å². The first-order chi connectivity index (χ1) is 13.7. The fourth-order valence-corrected chi connectivity index (χ4v) is 3.35. The number of ether oxygens (including phenoxy) is 2. The van der Waals surface area contributed by atoms with Gasteiger partial charge in [-0.25, -0.2) is 0 Å². The molecule has 5 nitrogen and oxygen atoms in total. The molecule has 2 aromatic carbocycles. The summed E-state index contributed by atoms with van der Waals surface area (Å²) >= 11 is 0. The van der Waals surface area contributed by atoms with E-state index < -0.39 is 0 Å². The number of nitrogens with one attached hydrogen (secondary N) is 1. The van der Waals surface area contributed by atoms with E-state index in [1.165, 1.54) is 5.56 Å². The largest absolute Gasteiger partial charge is 0.493 e. The molecule has 3 rings (SSSR count). The number of benzene rings is 2. The summed E-state index contributed by atoms with van der Waals surface area (Å²) in [6, 6.07) is 14.4. The lowest BCUT2D eigenvalue weighted by Crippen LogP contribution is -2.28. The quantitative estimate of drug-likeness (QED) is 0.590. The van der Waals surface area contributed by atoms with Gasteiger partial charge >= 0.3 is 0 Å². The molecule has 0 bridgehead atoms. The van der Waals surface area contributed by atoms with Crippen LogP contribution in [0.5, 0.6) is 11.5 Å². The predicted molar refractivity (Wildman–Crippen MR) is 118 cm³/mol. The fraction of sp³-hybridized carbons (Fsp3) is 0.435. The van der Waals surface area contributed by atoms with Crippen LogP contribution in [0.3, 0.4) is 0 Å². The summed E-state index contributed by atoms with van der Waals surface area (Å²) in [4.78, 5) is 13.6. The lowest BCUT2D eigenvalue weighted by Gasteiger charge is -2.15. The SMILES string of the molecule is COc1cc(CNCCCN2CCCC2=O)ccc1OCc1ccc(C)cc1.Cl. The highest BCUT2D eigenvalue weighted by Gasteiger charge is 2.18. The smallest absolute Gasteiger partial charge is 0.222 e. The number of methoxy groups -OCH3 is 1. The molecular formula is C23H31ClN2O3. The van der Waals surface area contributed by atoms with E-state index in [4.69, 9.17) is 9.47 Å². The zero-order valence-corrected chi connectivity index (χ0v) is 18.1. The Balaban J connectivity index is 0.00000300. The van der Waals surface area contributed by atoms with E-state index in [0.29, 0.717) is 18.9 Å². The van der Waals surface area contributed by atoms with Gasteiger partial charge in [0.15, 0.2) is 11.5 Å². The Kier molecular flexibility index (Phi) is 9.29. The van der Waals surface area contributed by atoms with Crippen molar-refractivity contribution in [2.24, 2.45) is 0 Å². The average molecular weight is 419 g/mol. The maximum Gasteiger partial charge on any atom is 0.222 e. The van der Waals surface area contributed by atoms with Crippen LogP contribution in [-0.2, 0) is 17.9 Å². The first-order valence-corrected chi connectivity index (χ1v) is 9.99. The van der Waals surface area contributed by atoms with Crippen LogP contribution in [0.4, 0.5) is 0 Å². The number of carbonyl (C=O) groups excluding carboxylic acids is 1. The zero-order chi connectivity index (χ0) is 19.8. The summed E-state index contributed by atoms with van der Waals surface area (Å²) in [5.74, 6) is 1.79. The zero-order valence-electron chi connectivity index (χ0n) is 17.3. The van der Waals surface area contributed by atoms with Gasteiger partial charge in [0.05, 0.1) is 7.11 Å². The molecule has 0 atom stereocenters. The van der Waals surface area contributed by atoms with Crippen molar-refractivity contribution in [3.8, 4) is 11.5 Å². The van der Waals surface area contributed by atoms with Crippen molar-refractivity contribution in [2.45, 2.75) is 39.3 Å². The van der Waals surface area contributed by atoms with E-state index in [-0.39, 0.29) is 12.4 Å². The highest BCUT2D eigenvalue weighted by molar-refractivity contribution is 5.85. The second-order valence-corrected chi connectivity index (χ2v) is 7.27. The number of amides is 1. The van der Waals surface area contributed by atoms with Crippen LogP contribution in [0.25, 0.3) is 0 Å². The average Bonchev–Trinajstić information content (AvgIpc) is 3.12. The van der Waals surface area contributed by atoms with E-state index in [1.807, 2.05) is 17.0 Å². The van der Waals surface area contributed by atoms with Crippen LogP contribution in [0.15, 0.2) is 42.5 Å². The van der Waals surface area contributed by atoms with E-state index >= 15 is 0 Å². The van der Waals surface area contributed by atoms with E-state index in [2.05, 4.69) is 42.6 Å². The molecule has 158 valence electrons. The minimum Gasteiger partial charge on any atom is -0.493 e. The number of nitrogens with zero attached hydrogens (tertiary/aromatic N) is 1. The first-order valence-electron chi connectivity index (χ1n) is 9.99. The second-order valence-electron chi connectivity index (χ2n) is 7.27. The number of carbonyl (C=O) groups is 1. The highest BCUT2D eigenvalue weighted by Crippen LogP contribution is 2.29. The summed E-state index contributed by atoms with van der Waals surface area (Å²) < 4.78 is 11.4. The third-order valence-electron chi connectivity index (χ3n) is 5.03. The topological polar surface area (TPSA) is 50.8 Å². The summed E-state index contributed by atoms with van der Waals surface area (Å²) in [6.07, 6.45) is 2.69. The van der Waals surface area contributed by atoms with Gasteiger partial charge in [0.25, 0.3) is 0 Å². The van der Waals surface area contributed by atoms with Crippen molar-refractivity contribution in [1.82, 2.24) is 10.2 Å². The molecule has 0 aromatic heterocycles. The number of halogens is 1. The predicted octanol–water partition coefficient (Wildman–Crippen LogP) is 4.11. The van der Waals surface area contributed by atoms with Crippen LogP contribution in [0.1, 0.15) is 36.0 Å². The van der Waals surface area contributed by atoms with Crippen LogP contribution in [0, 0.1) is 6.92 Å². The molecular weight excluding hydrogens is 388 g/mol. The Labute approximate surface area is 179 Å². The lowest BCUT2D eigenvalue weighted by atomic mass is 10.1. The van der Waals surface area contributed by atoms with Gasteiger partial charge < -0.3 is 19.7 Å². The van der Waals surface area contributed by atoms with Crippen molar-refractivity contribution in [2.75, 3.05) is 26.7 Å². The fourth-order valence-electron chi connectivity index (χ4n) is 3.35. The number of aryl methyl sites for hydroxylation is 1. The Hall–Kier alpha value is -2.24. The normalized spacial score (nSPS) is 13.3. The molecule has 6 heteroatoms. The second kappa shape index (κ2) is 11.7. The molecule has 0 saturated carbocycles. The van der Waals surface area contributed by atoms with E-state index in [1.54, 1.807) is 7.11 Å². The minimum absolute atomic E-state index is 0. The maximum absolute atomic E-state index is 11.6. The molecule has 1 saturated heterocycles. The number of rotatable bonds is 10. The highest BCUT2D eigenvalue weighted by atomic mass is 35.5. The van der Waals surface area contributed by atoms with Gasteiger partial charge in [0.2, 0.25) is 5.91 Å². The van der Waals surface area contributed by atoms with Crippen molar-refractivity contribution in [3.05, 3.63) is 59.2 Å². The first kappa shape index (κ1) is 23.0. The van der Waals surface area contributed by atoms with Gasteiger partial charge in [-0.3, -0.25) is 4.79 Å². The molecule has 1 aliphatic heterocycles. The molecule has 0 unspecified atom stereocenters. The summed E-state index contributed by atoms with van der Waals surface area (Å²) in [5.41, 5.74) is 3.52. The van der Waals surface area contributed by atoms with Crippen LogP contribution < -0.4 is 14.8 Å². The molecule has 1 fully saturated rings. The van der Waals surface area contributed by atoms with Gasteiger partial charge in [-0.2, -0.15) is 0 Å². The molecule has 1 N–H and O–H groups in total. The summed E-state index contributed by atoms with van der Waals surface area (Å²) in [7, 11) is 1.67. The molecule has 0 radical (unpaired) electrons. The molecule has 1 heterocycles. The molecule has 1 amide bonds. The van der Waals surface area contributed by atoms with E-state index in [9.17, 15) is 4.79 Å². The van der Waals surface area contributed by atoms with Gasteiger partial charge in [0.1, 0.15) is 6.61 Å². The molecule has 1 aliphatic rings. The Morgan fingerprint density at radius 3 is 2.52 bits per heavy atom. The molecule has 29 heavy (non-hydrogen) atoms.